The molecule has 0 saturated heterocycles. The number of carbonyl (C=O) groups is 3. The van der Waals surface area contributed by atoms with E-state index in [0.29, 0.717) is 18.6 Å². The minimum Gasteiger partial charge on any atom is -0.300 e. The molecule has 0 radical (unpaired) electrons. The van der Waals surface area contributed by atoms with Gasteiger partial charge in [-0.3, -0.25) is 14.4 Å². The maximum atomic E-state index is 10.2. The summed E-state index contributed by atoms with van der Waals surface area (Å²) < 4.78 is 0. The zero-order chi connectivity index (χ0) is 10.9. The van der Waals surface area contributed by atoms with Crippen LogP contribution in [0.2, 0.25) is 0 Å². The molecule has 0 aromatic carbocycles. The lowest BCUT2D eigenvalue weighted by Gasteiger charge is -1.81. The summed E-state index contributed by atoms with van der Waals surface area (Å²) in [6, 6.07) is 0. The molecule has 0 saturated carbocycles. The van der Waals surface area contributed by atoms with Crippen molar-refractivity contribution in [1.29, 1.82) is 0 Å². The highest BCUT2D eigenvalue weighted by molar-refractivity contribution is 5.96. The van der Waals surface area contributed by atoms with Crippen molar-refractivity contribution in [3.63, 3.8) is 0 Å². The molecule has 3 nitrogen and oxygen atoms in total. The molecule has 3 heteroatoms. The smallest absolute Gasteiger partial charge is 0.137 e. The van der Waals surface area contributed by atoms with Gasteiger partial charge in [-0.1, -0.05) is 13.8 Å². The Labute approximate surface area is 79.5 Å². The van der Waals surface area contributed by atoms with Crippen molar-refractivity contribution in [2.75, 3.05) is 0 Å². The van der Waals surface area contributed by atoms with Crippen molar-refractivity contribution in [2.24, 2.45) is 0 Å². The van der Waals surface area contributed by atoms with Gasteiger partial charge in [0.15, 0.2) is 0 Å². The van der Waals surface area contributed by atoms with Crippen LogP contribution in [0.3, 0.4) is 0 Å². The molecule has 0 heterocycles. The Bertz CT molecular complexity index is 165. The fourth-order valence-electron chi connectivity index (χ4n) is 0.601. The van der Waals surface area contributed by atoms with Gasteiger partial charge in [0.2, 0.25) is 0 Å². The van der Waals surface area contributed by atoms with Crippen LogP contribution in [0.15, 0.2) is 0 Å². The zero-order valence-corrected chi connectivity index (χ0v) is 8.85. The van der Waals surface area contributed by atoms with E-state index < -0.39 is 0 Å². The number of carbonyl (C=O) groups excluding carboxylic acids is 3. The standard InChI is InChI=1S/C5H8O2.C5H10O/c1-4(6)3-5(2)7;1-3-5(6)4-2/h3H2,1-2H3;3-4H2,1-2H3. The summed E-state index contributed by atoms with van der Waals surface area (Å²) in [5, 5.41) is 0. The molecule has 0 fully saturated rings. The van der Waals surface area contributed by atoms with Crippen LogP contribution in [0.5, 0.6) is 0 Å². The molecular formula is C10H18O3. The molecule has 0 aromatic heterocycles. The van der Waals surface area contributed by atoms with Gasteiger partial charge in [0.25, 0.3) is 0 Å². The van der Waals surface area contributed by atoms with E-state index in [0.717, 1.165) is 0 Å². The van der Waals surface area contributed by atoms with E-state index in [-0.39, 0.29) is 18.0 Å². The molecule has 0 aliphatic carbocycles. The minimum atomic E-state index is -0.0625. The van der Waals surface area contributed by atoms with E-state index in [9.17, 15) is 14.4 Å². The molecule has 0 amide bonds. The third kappa shape index (κ3) is 18.2. The van der Waals surface area contributed by atoms with Crippen molar-refractivity contribution in [3.8, 4) is 0 Å². The average Bonchev–Trinajstić information content (AvgIpc) is 2.01. The highest BCUT2D eigenvalue weighted by Crippen LogP contribution is 1.83. The van der Waals surface area contributed by atoms with Crippen LogP contribution < -0.4 is 0 Å². The van der Waals surface area contributed by atoms with Gasteiger partial charge in [-0.15, -0.1) is 0 Å². The Morgan fingerprint density at radius 3 is 1.15 bits per heavy atom. The van der Waals surface area contributed by atoms with E-state index in [1.54, 1.807) is 0 Å². The van der Waals surface area contributed by atoms with E-state index >= 15 is 0 Å². The molecule has 0 rings (SSSR count). The minimum absolute atomic E-state index is 0.0625. The first-order valence-electron chi connectivity index (χ1n) is 4.44. The van der Waals surface area contributed by atoms with Gasteiger partial charge in [0.1, 0.15) is 17.3 Å². The third-order valence-electron chi connectivity index (χ3n) is 1.29. The molecule has 0 atom stereocenters. The summed E-state index contributed by atoms with van der Waals surface area (Å²) in [7, 11) is 0. The quantitative estimate of drug-likeness (QED) is 0.630. The Morgan fingerprint density at radius 1 is 0.846 bits per heavy atom. The monoisotopic (exact) mass is 186 g/mol. The van der Waals surface area contributed by atoms with E-state index in [1.807, 2.05) is 13.8 Å². The second-order valence-corrected chi connectivity index (χ2v) is 2.83. The largest absolute Gasteiger partial charge is 0.300 e. The first-order chi connectivity index (χ1) is 5.93. The summed E-state index contributed by atoms with van der Waals surface area (Å²) >= 11 is 0. The number of hydrogen-bond acceptors (Lipinski definition) is 3. The van der Waals surface area contributed by atoms with E-state index in [1.165, 1.54) is 13.8 Å². The predicted octanol–water partition coefficient (Wildman–Crippen LogP) is 1.93. The Balaban J connectivity index is 0. The molecule has 0 aliphatic rings. The molecular weight excluding hydrogens is 168 g/mol. The van der Waals surface area contributed by atoms with Crippen molar-refractivity contribution in [3.05, 3.63) is 0 Å². The van der Waals surface area contributed by atoms with E-state index in [2.05, 4.69) is 0 Å². The predicted molar refractivity (Wildman–Crippen MR) is 51.6 cm³/mol. The maximum absolute atomic E-state index is 10.2. The molecule has 13 heavy (non-hydrogen) atoms. The Kier molecular flexibility index (Phi) is 10.2. The van der Waals surface area contributed by atoms with E-state index in [4.69, 9.17) is 0 Å². The molecule has 0 bridgehead atoms. The number of ketones is 3. The highest BCUT2D eigenvalue weighted by Gasteiger charge is 1.94. The first-order valence-corrected chi connectivity index (χ1v) is 4.44. The molecule has 0 aromatic rings. The van der Waals surface area contributed by atoms with Crippen LogP contribution in [0.1, 0.15) is 47.0 Å². The SMILES string of the molecule is CC(=O)CC(C)=O.CCC(=O)CC. The second kappa shape index (κ2) is 9.10. The average molecular weight is 186 g/mol. The normalized spacial score (nSPS) is 8.31. The Hall–Kier alpha value is -0.990. The summed E-state index contributed by atoms with van der Waals surface area (Å²) in [5.74, 6) is 0.218. The van der Waals surface area contributed by atoms with Crippen LogP contribution in [0, 0.1) is 0 Å². The van der Waals surface area contributed by atoms with Crippen molar-refractivity contribution >= 4 is 17.3 Å². The van der Waals surface area contributed by atoms with Gasteiger partial charge in [0.05, 0.1) is 6.42 Å². The van der Waals surface area contributed by atoms with Gasteiger partial charge < -0.3 is 0 Å². The molecule has 0 aliphatic heterocycles. The number of rotatable bonds is 4. The molecule has 0 N–H and O–H groups in total. The second-order valence-electron chi connectivity index (χ2n) is 2.83. The van der Waals surface area contributed by atoms with Gasteiger partial charge in [0, 0.05) is 12.8 Å². The fraction of sp³-hybridized carbons (Fsp3) is 0.700. The summed E-state index contributed by atoms with van der Waals surface area (Å²) in [4.78, 5) is 30.2. The van der Waals surface area contributed by atoms with Gasteiger partial charge in [-0.05, 0) is 13.8 Å². The molecule has 0 unspecified atom stereocenters. The number of hydrogen-bond donors (Lipinski definition) is 0. The summed E-state index contributed by atoms with van der Waals surface area (Å²) in [6.45, 7) is 6.57. The lowest BCUT2D eigenvalue weighted by Crippen LogP contribution is -1.97. The van der Waals surface area contributed by atoms with Crippen LogP contribution in [-0.2, 0) is 14.4 Å². The van der Waals surface area contributed by atoms with Crippen LogP contribution >= 0.6 is 0 Å². The lowest BCUT2D eigenvalue weighted by atomic mass is 10.2. The maximum Gasteiger partial charge on any atom is 0.137 e. The topological polar surface area (TPSA) is 51.2 Å². The lowest BCUT2D eigenvalue weighted by molar-refractivity contribution is -0.124. The van der Waals surface area contributed by atoms with Crippen molar-refractivity contribution in [2.45, 2.75) is 47.0 Å². The van der Waals surface area contributed by atoms with Crippen LogP contribution in [-0.4, -0.2) is 17.3 Å². The fourth-order valence-corrected chi connectivity index (χ4v) is 0.601. The van der Waals surface area contributed by atoms with Gasteiger partial charge in [-0.2, -0.15) is 0 Å². The zero-order valence-electron chi connectivity index (χ0n) is 8.85. The highest BCUT2D eigenvalue weighted by atomic mass is 16.1. The van der Waals surface area contributed by atoms with Gasteiger partial charge >= 0.3 is 0 Å². The molecule has 0 spiro atoms. The van der Waals surface area contributed by atoms with Crippen molar-refractivity contribution < 1.29 is 14.4 Å². The Morgan fingerprint density at radius 2 is 1.15 bits per heavy atom. The summed E-state index contributed by atoms with van der Waals surface area (Å²) in [5.41, 5.74) is 0. The van der Waals surface area contributed by atoms with Crippen molar-refractivity contribution in [1.82, 2.24) is 0 Å². The molecule has 76 valence electrons. The third-order valence-corrected chi connectivity index (χ3v) is 1.29. The van der Waals surface area contributed by atoms with Crippen LogP contribution in [0.25, 0.3) is 0 Å². The summed E-state index contributed by atoms with van der Waals surface area (Å²) in [6.07, 6.45) is 1.47. The van der Waals surface area contributed by atoms with Crippen LogP contribution in [0.4, 0.5) is 0 Å². The van der Waals surface area contributed by atoms with Gasteiger partial charge in [-0.25, -0.2) is 0 Å². The first kappa shape index (κ1) is 14.5. The number of Topliss-reactive ketones (excluding diaryl/α,β-unsaturated/α-hetero) is 3.